The number of aryl methyl sites for hydroxylation is 1. The minimum atomic E-state index is 0.0599. The lowest BCUT2D eigenvalue weighted by atomic mass is 9.89. The maximum atomic E-state index is 12.7. The number of rotatable bonds is 4. The van der Waals surface area contributed by atoms with Gasteiger partial charge in [0.05, 0.1) is 11.5 Å². The summed E-state index contributed by atoms with van der Waals surface area (Å²) in [7, 11) is 0. The van der Waals surface area contributed by atoms with E-state index in [1.54, 1.807) is 11.3 Å². The Morgan fingerprint density at radius 1 is 1.45 bits per heavy atom. The van der Waals surface area contributed by atoms with E-state index in [4.69, 9.17) is 0 Å². The Morgan fingerprint density at radius 2 is 2.25 bits per heavy atom. The molecular formula is C16H23NO2S. The zero-order chi connectivity index (χ0) is 14.1. The first-order chi connectivity index (χ1) is 9.69. The average molecular weight is 293 g/mol. The van der Waals surface area contributed by atoms with Crippen LogP contribution >= 0.6 is 11.3 Å². The Labute approximate surface area is 124 Å². The minimum absolute atomic E-state index is 0.0599. The SMILES string of the molecule is CC1CCc2sc(C(=O)N(CCO)C3CCC3)cc2C1. The second-order valence-corrected chi connectivity index (χ2v) is 7.35. The molecule has 1 aromatic rings. The third kappa shape index (κ3) is 2.63. The lowest BCUT2D eigenvalue weighted by molar-refractivity contribution is 0.0530. The molecule has 2 aliphatic carbocycles. The Hall–Kier alpha value is -0.870. The van der Waals surface area contributed by atoms with Crippen molar-refractivity contribution in [2.45, 2.75) is 51.5 Å². The fourth-order valence-corrected chi connectivity index (χ4v) is 4.37. The van der Waals surface area contributed by atoms with Crippen molar-refractivity contribution in [2.24, 2.45) is 5.92 Å². The molecular weight excluding hydrogens is 270 g/mol. The second kappa shape index (κ2) is 5.86. The van der Waals surface area contributed by atoms with Crippen LogP contribution in [0.1, 0.15) is 52.7 Å². The van der Waals surface area contributed by atoms with E-state index in [0.717, 1.165) is 36.5 Å². The Morgan fingerprint density at radius 3 is 2.90 bits per heavy atom. The summed E-state index contributed by atoms with van der Waals surface area (Å²) < 4.78 is 0. The number of fused-ring (bicyclic) bond motifs is 1. The van der Waals surface area contributed by atoms with Gasteiger partial charge in [-0.05, 0) is 56.1 Å². The van der Waals surface area contributed by atoms with Crippen LogP contribution in [0.25, 0.3) is 0 Å². The number of thiophene rings is 1. The summed E-state index contributed by atoms with van der Waals surface area (Å²) in [6.45, 7) is 2.82. The molecule has 1 heterocycles. The van der Waals surface area contributed by atoms with Crippen molar-refractivity contribution in [1.29, 1.82) is 0 Å². The third-order valence-corrected chi connectivity index (χ3v) is 5.88. The van der Waals surface area contributed by atoms with Gasteiger partial charge in [0.1, 0.15) is 0 Å². The highest BCUT2D eigenvalue weighted by Crippen LogP contribution is 2.34. The van der Waals surface area contributed by atoms with Gasteiger partial charge in [-0.3, -0.25) is 4.79 Å². The smallest absolute Gasteiger partial charge is 0.264 e. The van der Waals surface area contributed by atoms with Gasteiger partial charge in [-0.25, -0.2) is 0 Å². The highest BCUT2D eigenvalue weighted by Gasteiger charge is 2.30. The van der Waals surface area contributed by atoms with Gasteiger partial charge in [0, 0.05) is 17.5 Å². The zero-order valence-electron chi connectivity index (χ0n) is 12.1. The molecule has 4 heteroatoms. The van der Waals surface area contributed by atoms with Crippen molar-refractivity contribution in [3.8, 4) is 0 Å². The Bertz CT molecular complexity index is 493. The molecule has 0 spiro atoms. The number of amides is 1. The van der Waals surface area contributed by atoms with Crippen LogP contribution < -0.4 is 0 Å². The summed E-state index contributed by atoms with van der Waals surface area (Å²) in [4.78, 5) is 16.9. The molecule has 1 saturated carbocycles. The number of nitrogens with zero attached hydrogens (tertiary/aromatic N) is 1. The summed E-state index contributed by atoms with van der Waals surface area (Å²) in [5, 5.41) is 9.21. The van der Waals surface area contributed by atoms with Crippen LogP contribution in [0.15, 0.2) is 6.07 Å². The maximum absolute atomic E-state index is 12.7. The molecule has 1 fully saturated rings. The van der Waals surface area contributed by atoms with E-state index >= 15 is 0 Å². The average Bonchev–Trinajstić information content (AvgIpc) is 2.78. The molecule has 1 unspecified atom stereocenters. The Kier molecular flexibility index (Phi) is 4.13. The molecule has 1 amide bonds. The van der Waals surface area contributed by atoms with E-state index in [1.807, 2.05) is 4.90 Å². The molecule has 1 aromatic heterocycles. The summed E-state index contributed by atoms with van der Waals surface area (Å²) >= 11 is 1.68. The zero-order valence-corrected chi connectivity index (χ0v) is 12.9. The second-order valence-electron chi connectivity index (χ2n) is 6.21. The van der Waals surface area contributed by atoms with Crippen LogP contribution in [0.5, 0.6) is 0 Å². The standard InChI is InChI=1S/C16H23NO2S/c1-11-5-6-14-12(9-11)10-15(20-14)16(19)17(7-8-18)13-3-2-4-13/h10-11,13,18H,2-9H2,1H3. The molecule has 3 rings (SSSR count). The molecule has 3 nitrogen and oxygen atoms in total. The van der Waals surface area contributed by atoms with E-state index < -0.39 is 0 Å². The van der Waals surface area contributed by atoms with Gasteiger partial charge >= 0.3 is 0 Å². The lowest BCUT2D eigenvalue weighted by Crippen LogP contribution is -2.45. The molecule has 110 valence electrons. The number of hydrogen-bond acceptors (Lipinski definition) is 3. The molecule has 2 aliphatic rings. The monoisotopic (exact) mass is 293 g/mol. The molecule has 0 bridgehead atoms. The van der Waals surface area contributed by atoms with E-state index in [1.165, 1.54) is 23.3 Å². The number of carbonyl (C=O) groups excluding carboxylic acids is 1. The predicted octanol–water partition coefficient (Wildman–Crippen LogP) is 2.86. The summed E-state index contributed by atoms with van der Waals surface area (Å²) in [6.07, 6.45) is 6.87. The number of hydrogen-bond donors (Lipinski definition) is 1. The van der Waals surface area contributed by atoms with Crippen molar-refractivity contribution < 1.29 is 9.90 Å². The summed E-state index contributed by atoms with van der Waals surface area (Å²) in [5.74, 6) is 0.871. The predicted molar refractivity (Wildman–Crippen MR) is 81.3 cm³/mol. The molecule has 20 heavy (non-hydrogen) atoms. The van der Waals surface area contributed by atoms with Crippen molar-refractivity contribution >= 4 is 17.2 Å². The fraction of sp³-hybridized carbons (Fsp3) is 0.688. The van der Waals surface area contributed by atoms with Gasteiger partial charge in [0.2, 0.25) is 0 Å². The van der Waals surface area contributed by atoms with Crippen LogP contribution in [-0.2, 0) is 12.8 Å². The van der Waals surface area contributed by atoms with E-state index in [-0.39, 0.29) is 12.5 Å². The van der Waals surface area contributed by atoms with Gasteiger partial charge < -0.3 is 10.0 Å². The van der Waals surface area contributed by atoms with Gasteiger partial charge in [-0.2, -0.15) is 0 Å². The highest BCUT2D eigenvalue weighted by atomic mass is 32.1. The van der Waals surface area contributed by atoms with E-state index in [9.17, 15) is 9.90 Å². The topological polar surface area (TPSA) is 40.5 Å². The van der Waals surface area contributed by atoms with Crippen molar-refractivity contribution in [3.05, 3.63) is 21.4 Å². The fourth-order valence-electron chi connectivity index (χ4n) is 3.21. The van der Waals surface area contributed by atoms with Gasteiger partial charge in [-0.15, -0.1) is 11.3 Å². The van der Waals surface area contributed by atoms with Crippen molar-refractivity contribution in [3.63, 3.8) is 0 Å². The molecule has 0 radical (unpaired) electrons. The van der Waals surface area contributed by atoms with Crippen molar-refractivity contribution in [1.82, 2.24) is 4.90 Å². The van der Waals surface area contributed by atoms with Crippen LogP contribution in [0.2, 0.25) is 0 Å². The first kappa shape index (κ1) is 14.1. The van der Waals surface area contributed by atoms with Gasteiger partial charge in [-0.1, -0.05) is 6.92 Å². The first-order valence-electron chi connectivity index (χ1n) is 7.72. The molecule has 0 saturated heterocycles. The normalized spacial score (nSPS) is 22.2. The van der Waals surface area contributed by atoms with Crippen LogP contribution in [0.4, 0.5) is 0 Å². The summed E-state index contributed by atoms with van der Waals surface area (Å²) in [6, 6.07) is 2.47. The highest BCUT2D eigenvalue weighted by molar-refractivity contribution is 7.14. The number of aliphatic hydroxyl groups excluding tert-OH is 1. The molecule has 0 aromatic carbocycles. The van der Waals surface area contributed by atoms with Gasteiger partial charge in [0.15, 0.2) is 0 Å². The van der Waals surface area contributed by atoms with Crippen LogP contribution in [-0.4, -0.2) is 35.1 Å². The number of aliphatic hydroxyl groups is 1. The van der Waals surface area contributed by atoms with E-state index in [0.29, 0.717) is 12.6 Å². The molecule has 1 atom stereocenters. The maximum Gasteiger partial charge on any atom is 0.264 e. The first-order valence-corrected chi connectivity index (χ1v) is 8.54. The molecule has 0 aliphatic heterocycles. The van der Waals surface area contributed by atoms with Crippen LogP contribution in [0, 0.1) is 5.92 Å². The third-order valence-electron chi connectivity index (χ3n) is 4.66. The number of carbonyl (C=O) groups is 1. The van der Waals surface area contributed by atoms with Gasteiger partial charge in [0.25, 0.3) is 5.91 Å². The quantitative estimate of drug-likeness (QED) is 0.927. The van der Waals surface area contributed by atoms with Crippen molar-refractivity contribution in [2.75, 3.05) is 13.2 Å². The van der Waals surface area contributed by atoms with Crippen LogP contribution in [0.3, 0.4) is 0 Å². The largest absolute Gasteiger partial charge is 0.395 e. The Balaban J connectivity index is 1.78. The summed E-state index contributed by atoms with van der Waals surface area (Å²) in [5.41, 5.74) is 1.38. The molecule has 1 N–H and O–H groups in total. The minimum Gasteiger partial charge on any atom is -0.395 e. The lowest BCUT2D eigenvalue weighted by Gasteiger charge is -2.37. The van der Waals surface area contributed by atoms with E-state index in [2.05, 4.69) is 13.0 Å².